The third-order valence-corrected chi connectivity index (χ3v) is 2.76. The van der Waals surface area contributed by atoms with Crippen molar-refractivity contribution in [2.24, 2.45) is 0 Å². The molecule has 2 aromatic rings. The molecule has 2 N–H and O–H groups in total. The van der Waals surface area contributed by atoms with Gasteiger partial charge in [-0.1, -0.05) is 0 Å². The van der Waals surface area contributed by atoms with Gasteiger partial charge in [0.15, 0.2) is 0 Å². The second-order valence-corrected chi connectivity index (χ2v) is 5.49. The third kappa shape index (κ3) is 3.23. The number of ether oxygens (including phenoxy) is 1. The maximum atomic E-state index is 5.20. The first kappa shape index (κ1) is 12.9. The van der Waals surface area contributed by atoms with Crippen LogP contribution in [0.2, 0.25) is 0 Å². The molecule has 1 heterocycles. The van der Waals surface area contributed by atoms with Gasteiger partial charge in [0.05, 0.1) is 18.1 Å². The van der Waals surface area contributed by atoms with Crippen LogP contribution in [-0.2, 0) is 6.42 Å². The molecule has 0 radical (unpaired) electrons. The summed E-state index contributed by atoms with van der Waals surface area (Å²) in [5.74, 6) is 1.86. The number of imidazole rings is 1. The van der Waals surface area contributed by atoms with Crippen molar-refractivity contribution in [3.63, 3.8) is 0 Å². The molecule has 0 atom stereocenters. The summed E-state index contributed by atoms with van der Waals surface area (Å²) in [5, 5.41) is 3.45. The normalized spacial score (nSPS) is 12.0. The minimum absolute atomic E-state index is 0.148. The summed E-state index contributed by atoms with van der Waals surface area (Å²) >= 11 is 0. The zero-order chi connectivity index (χ0) is 13.2. The monoisotopic (exact) mass is 247 g/mol. The van der Waals surface area contributed by atoms with E-state index >= 15 is 0 Å². The highest BCUT2D eigenvalue weighted by Crippen LogP contribution is 2.18. The maximum absolute atomic E-state index is 5.20. The number of rotatable bonds is 4. The molecular formula is C14H21N3O. The highest BCUT2D eigenvalue weighted by atomic mass is 16.5. The van der Waals surface area contributed by atoms with Crippen molar-refractivity contribution in [3.8, 4) is 5.75 Å². The van der Waals surface area contributed by atoms with E-state index in [1.807, 2.05) is 18.2 Å². The van der Waals surface area contributed by atoms with E-state index in [1.54, 1.807) is 7.11 Å². The SMILES string of the molecule is COc1ccc2nc(CCNC(C)(C)C)[nH]c2c1. The zero-order valence-electron chi connectivity index (χ0n) is 11.5. The van der Waals surface area contributed by atoms with E-state index in [4.69, 9.17) is 4.74 Å². The highest BCUT2D eigenvalue weighted by Gasteiger charge is 2.09. The first-order valence-electron chi connectivity index (χ1n) is 6.25. The van der Waals surface area contributed by atoms with Gasteiger partial charge in [0.2, 0.25) is 0 Å². The molecule has 98 valence electrons. The second kappa shape index (κ2) is 4.98. The molecule has 0 amide bonds. The van der Waals surface area contributed by atoms with Crippen molar-refractivity contribution in [1.29, 1.82) is 0 Å². The molecule has 1 aromatic carbocycles. The second-order valence-electron chi connectivity index (χ2n) is 5.49. The Kier molecular flexibility index (Phi) is 3.57. The van der Waals surface area contributed by atoms with Crippen LogP contribution in [0.25, 0.3) is 11.0 Å². The smallest absolute Gasteiger partial charge is 0.121 e. The molecule has 0 saturated carbocycles. The van der Waals surface area contributed by atoms with E-state index in [0.29, 0.717) is 0 Å². The van der Waals surface area contributed by atoms with E-state index in [0.717, 1.165) is 35.6 Å². The molecule has 0 fully saturated rings. The zero-order valence-corrected chi connectivity index (χ0v) is 11.5. The molecule has 0 aliphatic carbocycles. The number of nitrogens with one attached hydrogen (secondary N) is 2. The summed E-state index contributed by atoms with van der Waals surface area (Å²) in [5.41, 5.74) is 2.16. The van der Waals surface area contributed by atoms with Crippen LogP contribution in [0.15, 0.2) is 18.2 Å². The Labute approximate surface area is 108 Å². The molecule has 0 aliphatic rings. The van der Waals surface area contributed by atoms with Crippen LogP contribution in [-0.4, -0.2) is 29.2 Å². The van der Waals surface area contributed by atoms with E-state index in [1.165, 1.54) is 0 Å². The number of aromatic amines is 1. The van der Waals surface area contributed by atoms with Gasteiger partial charge >= 0.3 is 0 Å². The van der Waals surface area contributed by atoms with Gasteiger partial charge in [0.1, 0.15) is 11.6 Å². The molecule has 0 spiro atoms. The largest absolute Gasteiger partial charge is 0.497 e. The fourth-order valence-corrected chi connectivity index (χ4v) is 1.84. The highest BCUT2D eigenvalue weighted by molar-refractivity contribution is 5.76. The first-order chi connectivity index (χ1) is 8.48. The van der Waals surface area contributed by atoms with Crippen LogP contribution >= 0.6 is 0 Å². The summed E-state index contributed by atoms with van der Waals surface area (Å²) in [6.45, 7) is 7.41. The minimum Gasteiger partial charge on any atom is -0.497 e. The molecule has 4 heteroatoms. The Morgan fingerprint density at radius 2 is 2.11 bits per heavy atom. The first-order valence-corrected chi connectivity index (χ1v) is 6.25. The van der Waals surface area contributed by atoms with Crippen molar-refractivity contribution >= 4 is 11.0 Å². The summed E-state index contributed by atoms with van der Waals surface area (Å²) in [6, 6.07) is 5.88. The van der Waals surface area contributed by atoms with Gasteiger partial charge in [0, 0.05) is 24.6 Å². The molecule has 4 nitrogen and oxygen atoms in total. The van der Waals surface area contributed by atoms with Crippen LogP contribution in [0.3, 0.4) is 0 Å². The lowest BCUT2D eigenvalue weighted by molar-refractivity contribution is 0.415. The van der Waals surface area contributed by atoms with Crippen LogP contribution in [0.5, 0.6) is 5.75 Å². The molecule has 1 aromatic heterocycles. The fraction of sp³-hybridized carbons (Fsp3) is 0.500. The Morgan fingerprint density at radius 1 is 1.33 bits per heavy atom. The lowest BCUT2D eigenvalue weighted by Gasteiger charge is -2.19. The van der Waals surface area contributed by atoms with Gasteiger partial charge < -0.3 is 15.0 Å². The lowest BCUT2D eigenvalue weighted by atomic mass is 10.1. The van der Waals surface area contributed by atoms with Gasteiger partial charge in [-0.05, 0) is 32.9 Å². The van der Waals surface area contributed by atoms with Crippen molar-refractivity contribution in [2.75, 3.05) is 13.7 Å². The average molecular weight is 247 g/mol. The van der Waals surface area contributed by atoms with Crippen LogP contribution in [0, 0.1) is 0 Å². The number of hydrogen-bond donors (Lipinski definition) is 2. The van der Waals surface area contributed by atoms with Gasteiger partial charge in [-0.25, -0.2) is 4.98 Å². The standard InChI is InChI=1S/C14H21N3O/c1-14(2,3)15-8-7-13-16-11-6-5-10(18-4)9-12(11)17-13/h5-6,9,15H,7-8H2,1-4H3,(H,16,17). The van der Waals surface area contributed by atoms with Crippen molar-refractivity contribution < 1.29 is 4.74 Å². The minimum atomic E-state index is 0.148. The van der Waals surface area contributed by atoms with E-state index in [-0.39, 0.29) is 5.54 Å². The molecule has 0 saturated heterocycles. The Morgan fingerprint density at radius 3 is 2.78 bits per heavy atom. The molecular weight excluding hydrogens is 226 g/mol. The average Bonchev–Trinajstić information content (AvgIpc) is 2.68. The van der Waals surface area contributed by atoms with E-state index in [2.05, 4.69) is 36.1 Å². The number of fused-ring (bicyclic) bond motifs is 1. The number of benzene rings is 1. The molecule has 0 bridgehead atoms. The Hall–Kier alpha value is -1.55. The fourth-order valence-electron chi connectivity index (χ4n) is 1.84. The molecule has 18 heavy (non-hydrogen) atoms. The Bertz CT molecular complexity index is 525. The quantitative estimate of drug-likeness (QED) is 0.872. The summed E-state index contributed by atoms with van der Waals surface area (Å²) < 4.78 is 5.20. The van der Waals surface area contributed by atoms with Crippen molar-refractivity contribution in [3.05, 3.63) is 24.0 Å². The molecule has 0 unspecified atom stereocenters. The molecule has 2 rings (SSSR count). The van der Waals surface area contributed by atoms with E-state index < -0.39 is 0 Å². The molecule has 0 aliphatic heterocycles. The maximum Gasteiger partial charge on any atom is 0.121 e. The topological polar surface area (TPSA) is 49.9 Å². The number of aromatic nitrogens is 2. The van der Waals surface area contributed by atoms with Crippen molar-refractivity contribution in [2.45, 2.75) is 32.7 Å². The number of hydrogen-bond acceptors (Lipinski definition) is 3. The summed E-state index contributed by atoms with van der Waals surface area (Å²) in [7, 11) is 1.67. The lowest BCUT2D eigenvalue weighted by Crippen LogP contribution is -2.37. The summed E-state index contributed by atoms with van der Waals surface area (Å²) in [6.07, 6.45) is 0.897. The van der Waals surface area contributed by atoms with Crippen LogP contribution < -0.4 is 10.1 Å². The predicted molar refractivity (Wildman–Crippen MR) is 74.1 cm³/mol. The summed E-state index contributed by atoms with van der Waals surface area (Å²) in [4.78, 5) is 7.88. The van der Waals surface area contributed by atoms with E-state index in [9.17, 15) is 0 Å². The number of methoxy groups -OCH3 is 1. The number of nitrogens with zero attached hydrogens (tertiary/aromatic N) is 1. The van der Waals surface area contributed by atoms with Gasteiger partial charge in [0.25, 0.3) is 0 Å². The Balaban J connectivity index is 2.06. The number of H-pyrrole nitrogens is 1. The van der Waals surface area contributed by atoms with Gasteiger partial charge in [-0.2, -0.15) is 0 Å². The third-order valence-electron chi connectivity index (χ3n) is 2.76. The van der Waals surface area contributed by atoms with Crippen LogP contribution in [0.4, 0.5) is 0 Å². The van der Waals surface area contributed by atoms with Gasteiger partial charge in [-0.15, -0.1) is 0 Å². The predicted octanol–water partition coefficient (Wildman–Crippen LogP) is 2.50. The van der Waals surface area contributed by atoms with Gasteiger partial charge in [-0.3, -0.25) is 0 Å². The van der Waals surface area contributed by atoms with Crippen LogP contribution in [0.1, 0.15) is 26.6 Å². The van der Waals surface area contributed by atoms with Crippen molar-refractivity contribution in [1.82, 2.24) is 15.3 Å².